The molecule has 122 valence electrons. The van der Waals surface area contributed by atoms with Crippen molar-refractivity contribution in [1.82, 2.24) is 5.32 Å². The highest BCUT2D eigenvalue weighted by molar-refractivity contribution is 6.00. The molecule has 1 aromatic rings. The number of ether oxygens (including phenoxy) is 1. The van der Waals surface area contributed by atoms with Gasteiger partial charge in [0.05, 0.1) is 24.4 Å². The number of methoxy groups -OCH3 is 1. The lowest BCUT2D eigenvalue weighted by molar-refractivity contribution is -0.120. The minimum atomic E-state index is -0.185. The second-order valence-electron chi connectivity index (χ2n) is 5.13. The fourth-order valence-corrected chi connectivity index (χ4v) is 2.36. The van der Waals surface area contributed by atoms with Gasteiger partial charge in [0.2, 0.25) is 11.8 Å². The highest BCUT2D eigenvalue weighted by Gasteiger charge is 2.21. The first kappa shape index (κ1) is 18.3. The van der Waals surface area contributed by atoms with E-state index in [1.165, 1.54) is 6.92 Å². The van der Waals surface area contributed by atoms with Gasteiger partial charge in [-0.3, -0.25) is 9.59 Å². The van der Waals surface area contributed by atoms with Crippen molar-refractivity contribution in [2.24, 2.45) is 5.92 Å². The number of anilines is 2. The van der Waals surface area contributed by atoms with Crippen molar-refractivity contribution in [2.45, 2.75) is 19.8 Å². The predicted octanol–water partition coefficient (Wildman–Crippen LogP) is 2.01. The molecule has 0 aliphatic carbocycles. The van der Waals surface area contributed by atoms with Crippen molar-refractivity contribution in [3.05, 3.63) is 18.2 Å². The fourth-order valence-electron chi connectivity index (χ4n) is 2.36. The summed E-state index contributed by atoms with van der Waals surface area (Å²) in [6, 6.07) is 5.16. The number of benzene rings is 1. The van der Waals surface area contributed by atoms with Gasteiger partial charge in [-0.1, -0.05) is 0 Å². The Morgan fingerprint density at radius 3 is 2.64 bits per heavy atom. The third kappa shape index (κ3) is 4.89. The summed E-state index contributed by atoms with van der Waals surface area (Å²) in [4.78, 5) is 23.5. The predicted molar refractivity (Wildman–Crippen MR) is 88.8 cm³/mol. The maximum atomic E-state index is 12.3. The molecule has 1 aliphatic rings. The van der Waals surface area contributed by atoms with E-state index in [0.29, 0.717) is 23.7 Å². The molecule has 0 aromatic heterocycles. The van der Waals surface area contributed by atoms with E-state index < -0.39 is 0 Å². The van der Waals surface area contributed by atoms with Gasteiger partial charge < -0.3 is 20.7 Å². The average molecular weight is 328 g/mol. The molecule has 0 spiro atoms. The molecule has 0 bridgehead atoms. The molecule has 1 heterocycles. The number of carbonyl (C=O) groups excluding carboxylic acids is 2. The van der Waals surface area contributed by atoms with Crippen LogP contribution in [0.1, 0.15) is 19.8 Å². The van der Waals surface area contributed by atoms with Crippen LogP contribution in [0.2, 0.25) is 0 Å². The van der Waals surface area contributed by atoms with Crippen LogP contribution < -0.4 is 20.7 Å². The molecule has 1 saturated heterocycles. The third-order valence-corrected chi connectivity index (χ3v) is 3.46. The molecule has 0 saturated carbocycles. The zero-order valence-electron chi connectivity index (χ0n) is 12.8. The second-order valence-corrected chi connectivity index (χ2v) is 5.13. The van der Waals surface area contributed by atoms with E-state index in [9.17, 15) is 9.59 Å². The molecule has 2 rings (SSSR count). The van der Waals surface area contributed by atoms with Crippen LogP contribution in [0.25, 0.3) is 0 Å². The summed E-state index contributed by atoms with van der Waals surface area (Å²) >= 11 is 0. The Kier molecular flexibility index (Phi) is 7.14. The number of rotatable bonds is 4. The van der Waals surface area contributed by atoms with Gasteiger partial charge in [0.1, 0.15) is 5.75 Å². The monoisotopic (exact) mass is 327 g/mol. The lowest BCUT2D eigenvalue weighted by atomic mass is 9.98. The molecule has 22 heavy (non-hydrogen) atoms. The molecule has 3 N–H and O–H groups in total. The summed E-state index contributed by atoms with van der Waals surface area (Å²) in [7, 11) is 1.56. The van der Waals surface area contributed by atoms with Gasteiger partial charge in [-0.15, -0.1) is 12.4 Å². The van der Waals surface area contributed by atoms with Crippen LogP contribution >= 0.6 is 12.4 Å². The molecule has 6 nitrogen and oxygen atoms in total. The maximum absolute atomic E-state index is 12.3. The number of hydrogen-bond donors (Lipinski definition) is 3. The first-order valence-electron chi connectivity index (χ1n) is 7.07. The van der Waals surface area contributed by atoms with Crippen molar-refractivity contribution in [2.75, 3.05) is 30.8 Å². The van der Waals surface area contributed by atoms with Crippen LogP contribution in [0.5, 0.6) is 5.75 Å². The van der Waals surface area contributed by atoms with Crippen LogP contribution in [-0.2, 0) is 9.59 Å². The molecule has 7 heteroatoms. The minimum Gasteiger partial charge on any atom is -0.497 e. The van der Waals surface area contributed by atoms with Gasteiger partial charge in [-0.25, -0.2) is 0 Å². The Morgan fingerprint density at radius 2 is 2.05 bits per heavy atom. The topological polar surface area (TPSA) is 79.5 Å². The van der Waals surface area contributed by atoms with Crippen LogP contribution in [-0.4, -0.2) is 32.0 Å². The lowest BCUT2D eigenvalue weighted by Crippen LogP contribution is -2.37. The summed E-state index contributed by atoms with van der Waals surface area (Å²) in [5.41, 5.74) is 1.13. The number of piperidine rings is 1. The smallest absolute Gasteiger partial charge is 0.228 e. The zero-order valence-corrected chi connectivity index (χ0v) is 13.6. The quantitative estimate of drug-likeness (QED) is 0.790. The third-order valence-electron chi connectivity index (χ3n) is 3.46. The first-order chi connectivity index (χ1) is 10.1. The highest BCUT2D eigenvalue weighted by Crippen LogP contribution is 2.28. The van der Waals surface area contributed by atoms with E-state index in [2.05, 4.69) is 16.0 Å². The van der Waals surface area contributed by atoms with Crippen LogP contribution in [0.3, 0.4) is 0 Å². The van der Waals surface area contributed by atoms with Crippen LogP contribution in [0, 0.1) is 5.92 Å². The van der Waals surface area contributed by atoms with E-state index in [4.69, 9.17) is 4.74 Å². The largest absolute Gasteiger partial charge is 0.497 e. The Hall–Kier alpha value is -1.79. The van der Waals surface area contributed by atoms with Gasteiger partial charge in [-0.2, -0.15) is 0 Å². The summed E-state index contributed by atoms with van der Waals surface area (Å²) in [6.07, 6.45) is 1.87. The number of nitrogens with one attached hydrogen (secondary N) is 3. The SMILES string of the molecule is COc1ccc(NC(C)=O)c(NC(=O)C2CCCNC2)c1.Cl. The summed E-state index contributed by atoms with van der Waals surface area (Å²) in [6.45, 7) is 3.08. The molecule has 1 atom stereocenters. The maximum Gasteiger partial charge on any atom is 0.228 e. The van der Waals surface area contributed by atoms with Crippen molar-refractivity contribution < 1.29 is 14.3 Å². The second kappa shape index (κ2) is 8.60. The molecule has 0 radical (unpaired) electrons. The zero-order chi connectivity index (χ0) is 15.2. The fraction of sp³-hybridized carbons (Fsp3) is 0.467. The Bertz CT molecular complexity index is 531. The molecular formula is C15H22ClN3O3. The summed E-state index contributed by atoms with van der Waals surface area (Å²) in [5, 5.41) is 8.81. The molecule has 2 amide bonds. The highest BCUT2D eigenvalue weighted by atomic mass is 35.5. The number of hydrogen-bond acceptors (Lipinski definition) is 4. The molecule has 1 fully saturated rings. The summed E-state index contributed by atoms with van der Waals surface area (Å²) < 4.78 is 5.17. The number of halogens is 1. The minimum absolute atomic E-state index is 0. The normalized spacial score (nSPS) is 17.1. The van der Waals surface area contributed by atoms with Crippen molar-refractivity contribution in [3.63, 3.8) is 0 Å². The standard InChI is InChI=1S/C15H21N3O3.ClH/c1-10(19)17-13-6-5-12(21-2)8-14(13)18-15(20)11-4-3-7-16-9-11;/h5-6,8,11,16H,3-4,7,9H2,1-2H3,(H,17,19)(H,18,20);1H. The molecule has 1 unspecified atom stereocenters. The van der Waals surface area contributed by atoms with Crippen molar-refractivity contribution in [3.8, 4) is 5.75 Å². The van der Waals surface area contributed by atoms with Crippen molar-refractivity contribution in [1.29, 1.82) is 0 Å². The molecule has 1 aromatic carbocycles. The molecular weight excluding hydrogens is 306 g/mol. The Labute approximate surface area is 136 Å². The Morgan fingerprint density at radius 1 is 1.27 bits per heavy atom. The van der Waals surface area contributed by atoms with E-state index in [1.54, 1.807) is 25.3 Å². The van der Waals surface area contributed by atoms with E-state index in [-0.39, 0.29) is 30.1 Å². The number of carbonyl (C=O) groups is 2. The number of amides is 2. The molecule has 1 aliphatic heterocycles. The van der Waals surface area contributed by atoms with Crippen molar-refractivity contribution >= 4 is 35.6 Å². The van der Waals surface area contributed by atoms with Crippen LogP contribution in [0.4, 0.5) is 11.4 Å². The van der Waals surface area contributed by atoms with E-state index >= 15 is 0 Å². The first-order valence-corrected chi connectivity index (χ1v) is 7.07. The van der Waals surface area contributed by atoms with E-state index in [1.807, 2.05) is 0 Å². The summed E-state index contributed by atoms with van der Waals surface area (Å²) in [5.74, 6) is 0.355. The van der Waals surface area contributed by atoms with Gasteiger partial charge >= 0.3 is 0 Å². The van der Waals surface area contributed by atoms with Gasteiger partial charge in [0.15, 0.2) is 0 Å². The average Bonchev–Trinajstić information content (AvgIpc) is 2.49. The van der Waals surface area contributed by atoms with Gasteiger partial charge in [0, 0.05) is 19.5 Å². The van der Waals surface area contributed by atoms with E-state index in [0.717, 1.165) is 19.4 Å². The lowest BCUT2D eigenvalue weighted by Gasteiger charge is -2.22. The van der Waals surface area contributed by atoms with Gasteiger partial charge in [-0.05, 0) is 31.5 Å². The van der Waals surface area contributed by atoms with Gasteiger partial charge in [0.25, 0.3) is 0 Å². The van der Waals surface area contributed by atoms with Crippen LogP contribution in [0.15, 0.2) is 18.2 Å². The Balaban J connectivity index is 0.00000242.